The Hall–Kier alpha value is -0.0300. The predicted molar refractivity (Wildman–Crippen MR) is 74.1 cm³/mol. The van der Waals surface area contributed by atoms with Gasteiger partial charge in [-0.05, 0) is 39.9 Å². The number of piperazine rings is 1. The number of hydrogen-bond acceptors (Lipinski definition) is 3. The molecule has 0 unspecified atom stereocenters. The second-order valence-corrected chi connectivity index (χ2v) is 5.70. The zero-order valence-corrected chi connectivity index (χ0v) is 11.9. The van der Waals surface area contributed by atoms with Gasteiger partial charge in [0.05, 0.1) is 0 Å². The summed E-state index contributed by atoms with van der Waals surface area (Å²) in [6, 6.07) is 6.68. The van der Waals surface area contributed by atoms with E-state index in [4.69, 9.17) is 0 Å². The molecule has 0 aromatic heterocycles. The first-order valence-corrected chi connectivity index (χ1v) is 7.57. The van der Waals surface area contributed by atoms with Gasteiger partial charge in [0.2, 0.25) is 0 Å². The summed E-state index contributed by atoms with van der Waals surface area (Å²) in [6.07, 6.45) is 2.11. The van der Waals surface area contributed by atoms with Crippen LogP contribution in [-0.4, -0.2) is 37.3 Å². The molecule has 0 atom stereocenters. The van der Waals surface area contributed by atoms with Crippen LogP contribution in [0, 0.1) is 0 Å². The molecule has 1 saturated heterocycles. The fraction of sp³-hybridized carbons (Fsp3) is 0.500. The summed E-state index contributed by atoms with van der Waals surface area (Å²) in [7, 11) is 0. The van der Waals surface area contributed by atoms with Gasteiger partial charge in [-0.15, -0.1) is 11.8 Å². The topological polar surface area (TPSA) is 15.3 Å². The minimum Gasteiger partial charge on any atom is -0.314 e. The van der Waals surface area contributed by atoms with E-state index in [1.54, 1.807) is 11.8 Å². The highest BCUT2D eigenvalue weighted by Crippen LogP contribution is 2.26. The van der Waals surface area contributed by atoms with E-state index >= 15 is 0 Å². The van der Waals surface area contributed by atoms with Crippen LogP contribution in [0.25, 0.3) is 0 Å². The van der Waals surface area contributed by atoms with Crippen LogP contribution in [0.2, 0.25) is 0 Å². The van der Waals surface area contributed by atoms with Crippen LogP contribution in [0.4, 0.5) is 0 Å². The largest absolute Gasteiger partial charge is 0.314 e. The lowest BCUT2D eigenvalue weighted by atomic mass is 10.2. The van der Waals surface area contributed by atoms with E-state index in [2.05, 4.69) is 50.6 Å². The summed E-state index contributed by atoms with van der Waals surface area (Å²) in [5, 5.41) is 3.38. The number of nitrogens with one attached hydrogen (secondary N) is 1. The van der Waals surface area contributed by atoms with Crippen molar-refractivity contribution in [3.63, 3.8) is 0 Å². The summed E-state index contributed by atoms with van der Waals surface area (Å²) < 4.78 is 1.22. The SMILES string of the molecule is CSc1ccc(CN2CCNCC2)cc1Br. The molecule has 0 spiro atoms. The highest BCUT2D eigenvalue weighted by Gasteiger charge is 2.10. The highest BCUT2D eigenvalue weighted by atomic mass is 79.9. The standard InChI is InChI=1S/C12H17BrN2S/c1-16-12-3-2-10(8-11(12)13)9-15-6-4-14-5-7-15/h2-3,8,14H,4-7,9H2,1H3. The van der Waals surface area contributed by atoms with Crippen molar-refractivity contribution in [3.8, 4) is 0 Å². The molecule has 1 N–H and O–H groups in total. The molecule has 1 aliphatic rings. The fourth-order valence-corrected chi connectivity index (χ4v) is 3.31. The summed E-state index contributed by atoms with van der Waals surface area (Å²) in [6.45, 7) is 5.60. The predicted octanol–water partition coefficient (Wildman–Crippen LogP) is 2.58. The molecule has 1 aromatic rings. The molecule has 0 amide bonds. The maximum absolute atomic E-state index is 3.62. The molecule has 2 nitrogen and oxygen atoms in total. The van der Waals surface area contributed by atoms with E-state index in [0.29, 0.717) is 0 Å². The summed E-state index contributed by atoms with van der Waals surface area (Å²) >= 11 is 5.40. The Bertz CT molecular complexity index is 351. The van der Waals surface area contributed by atoms with E-state index in [9.17, 15) is 0 Å². The lowest BCUT2D eigenvalue weighted by Crippen LogP contribution is -2.42. The molecule has 0 aliphatic carbocycles. The van der Waals surface area contributed by atoms with Crippen molar-refractivity contribution in [1.29, 1.82) is 0 Å². The van der Waals surface area contributed by atoms with Crippen molar-refractivity contribution in [3.05, 3.63) is 28.2 Å². The van der Waals surface area contributed by atoms with Crippen LogP contribution in [-0.2, 0) is 6.54 Å². The van der Waals surface area contributed by atoms with Crippen molar-refractivity contribution in [2.24, 2.45) is 0 Å². The van der Waals surface area contributed by atoms with E-state index in [1.165, 1.54) is 14.9 Å². The lowest BCUT2D eigenvalue weighted by molar-refractivity contribution is 0.233. The van der Waals surface area contributed by atoms with Crippen LogP contribution >= 0.6 is 27.7 Å². The monoisotopic (exact) mass is 300 g/mol. The molecule has 4 heteroatoms. The van der Waals surface area contributed by atoms with Crippen LogP contribution in [0.3, 0.4) is 0 Å². The molecule has 1 heterocycles. The van der Waals surface area contributed by atoms with Crippen LogP contribution in [0.5, 0.6) is 0 Å². The van der Waals surface area contributed by atoms with Crippen LogP contribution < -0.4 is 5.32 Å². The van der Waals surface area contributed by atoms with Crippen molar-refractivity contribution in [2.45, 2.75) is 11.4 Å². The summed E-state index contributed by atoms with van der Waals surface area (Å²) in [5.74, 6) is 0. The molecule has 0 radical (unpaired) electrons. The van der Waals surface area contributed by atoms with Crippen molar-refractivity contribution >= 4 is 27.7 Å². The fourth-order valence-electron chi connectivity index (χ4n) is 1.94. The average Bonchev–Trinajstić information content (AvgIpc) is 2.31. The molecule has 0 bridgehead atoms. The third-order valence-corrected chi connectivity index (χ3v) is 4.55. The van der Waals surface area contributed by atoms with Gasteiger partial charge >= 0.3 is 0 Å². The first kappa shape index (κ1) is 12.4. The zero-order valence-electron chi connectivity index (χ0n) is 9.50. The third-order valence-electron chi connectivity index (χ3n) is 2.83. The van der Waals surface area contributed by atoms with Gasteiger partial charge in [-0.2, -0.15) is 0 Å². The molecule has 0 saturated carbocycles. The second kappa shape index (κ2) is 6.05. The van der Waals surface area contributed by atoms with Gasteiger partial charge < -0.3 is 5.32 Å². The highest BCUT2D eigenvalue weighted by molar-refractivity contribution is 9.10. The van der Waals surface area contributed by atoms with E-state index in [-0.39, 0.29) is 0 Å². The average molecular weight is 301 g/mol. The molecule has 2 rings (SSSR count). The Morgan fingerprint density at radius 3 is 2.75 bits per heavy atom. The van der Waals surface area contributed by atoms with Crippen molar-refractivity contribution in [2.75, 3.05) is 32.4 Å². The molecule has 88 valence electrons. The lowest BCUT2D eigenvalue weighted by Gasteiger charge is -2.27. The first-order valence-electron chi connectivity index (χ1n) is 5.55. The van der Waals surface area contributed by atoms with Gasteiger partial charge in [-0.1, -0.05) is 6.07 Å². The number of halogens is 1. The molecule has 1 aromatic carbocycles. The minimum atomic E-state index is 1.06. The number of benzene rings is 1. The van der Waals surface area contributed by atoms with Gasteiger partial charge in [-0.3, -0.25) is 4.90 Å². The molecular formula is C12H17BrN2S. The smallest absolute Gasteiger partial charge is 0.0314 e. The maximum atomic E-state index is 3.62. The molecule has 1 fully saturated rings. The molecule has 16 heavy (non-hydrogen) atoms. The van der Waals surface area contributed by atoms with Crippen molar-refractivity contribution < 1.29 is 0 Å². The van der Waals surface area contributed by atoms with E-state index in [0.717, 1.165) is 32.7 Å². The summed E-state index contributed by atoms with van der Waals surface area (Å²) in [5.41, 5.74) is 1.39. The molecule has 1 aliphatic heterocycles. The Morgan fingerprint density at radius 2 is 2.12 bits per heavy atom. The van der Waals surface area contributed by atoms with Gasteiger partial charge in [0.15, 0.2) is 0 Å². The third kappa shape index (κ3) is 3.23. The van der Waals surface area contributed by atoms with Crippen LogP contribution in [0.15, 0.2) is 27.6 Å². The maximum Gasteiger partial charge on any atom is 0.0314 e. The Balaban J connectivity index is 2.01. The van der Waals surface area contributed by atoms with E-state index in [1.807, 2.05) is 0 Å². The Morgan fingerprint density at radius 1 is 1.38 bits per heavy atom. The van der Waals surface area contributed by atoms with Crippen molar-refractivity contribution in [1.82, 2.24) is 10.2 Å². The van der Waals surface area contributed by atoms with Gasteiger partial charge in [0.1, 0.15) is 0 Å². The van der Waals surface area contributed by atoms with Gasteiger partial charge in [0, 0.05) is 42.1 Å². The van der Waals surface area contributed by atoms with Gasteiger partial charge in [0.25, 0.3) is 0 Å². The quantitative estimate of drug-likeness (QED) is 0.864. The second-order valence-electron chi connectivity index (χ2n) is 4.00. The normalized spacial score (nSPS) is 17.6. The zero-order chi connectivity index (χ0) is 11.4. The first-order chi connectivity index (χ1) is 7.79. The number of thioether (sulfide) groups is 1. The Kier molecular flexibility index (Phi) is 4.70. The van der Waals surface area contributed by atoms with Crippen LogP contribution in [0.1, 0.15) is 5.56 Å². The number of nitrogens with zero attached hydrogens (tertiary/aromatic N) is 1. The molecular weight excluding hydrogens is 284 g/mol. The van der Waals surface area contributed by atoms with E-state index < -0.39 is 0 Å². The van der Waals surface area contributed by atoms with Gasteiger partial charge in [-0.25, -0.2) is 0 Å². The summed E-state index contributed by atoms with van der Waals surface area (Å²) in [4.78, 5) is 3.81. The Labute approximate surface area is 110 Å². The number of hydrogen-bond donors (Lipinski definition) is 1. The minimum absolute atomic E-state index is 1.06. The number of rotatable bonds is 3.